The van der Waals surface area contributed by atoms with Crippen LogP contribution in [0.2, 0.25) is 0 Å². The van der Waals surface area contributed by atoms with E-state index in [0.717, 1.165) is 11.1 Å². The average molecular weight is 273 g/mol. The van der Waals surface area contributed by atoms with Gasteiger partial charge in [-0.3, -0.25) is 16.0 Å². The summed E-state index contributed by atoms with van der Waals surface area (Å²) in [5, 5.41) is 10.9. The summed E-state index contributed by atoms with van der Waals surface area (Å²) in [6.07, 6.45) is 0. The smallest absolute Gasteiger partial charge is 0.294 e. The molecule has 0 spiro atoms. The highest BCUT2D eigenvalue weighted by molar-refractivity contribution is 5.61. The molecule has 6 nitrogen and oxygen atoms in total. The molecule has 6 heteroatoms. The van der Waals surface area contributed by atoms with Crippen molar-refractivity contribution >= 4 is 11.4 Å². The van der Waals surface area contributed by atoms with E-state index in [1.54, 1.807) is 12.1 Å². The molecule has 0 aromatic heterocycles. The SMILES string of the molecule is NNc1ccc(COCc2ccccc2)cc1[N+](=O)[O-]. The van der Waals surface area contributed by atoms with Crippen molar-refractivity contribution < 1.29 is 9.66 Å². The van der Waals surface area contributed by atoms with Gasteiger partial charge in [0, 0.05) is 6.07 Å². The summed E-state index contributed by atoms with van der Waals surface area (Å²) in [6.45, 7) is 0.770. The van der Waals surface area contributed by atoms with Crippen LogP contribution in [0.15, 0.2) is 48.5 Å². The number of nitro benzene ring substituents is 1. The van der Waals surface area contributed by atoms with Gasteiger partial charge in [-0.25, -0.2) is 0 Å². The molecule has 0 saturated heterocycles. The maximum Gasteiger partial charge on any atom is 0.294 e. The van der Waals surface area contributed by atoms with Crippen LogP contribution in [0.5, 0.6) is 0 Å². The first-order chi connectivity index (χ1) is 9.70. The lowest BCUT2D eigenvalue weighted by atomic mass is 10.2. The first-order valence-electron chi connectivity index (χ1n) is 6.06. The van der Waals surface area contributed by atoms with Crippen molar-refractivity contribution in [3.8, 4) is 0 Å². The minimum absolute atomic E-state index is 0.0617. The molecule has 0 unspecified atom stereocenters. The number of hydrogen-bond acceptors (Lipinski definition) is 5. The summed E-state index contributed by atoms with van der Waals surface area (Å²) < 4.78 is 5.54. The lowest BCUT2D eigenvalue weighted by Gasteiger charge is -2.07. The van der Waals surface area contributed by atoms with Crippen molar-refractivity contribution in [1.29, 1.82) is 0 Å². The molecule has 0 heterocycles. The molecule has 20 heavy (non-hydrogen) atoms. The molecule has 2 aromatic carbocycles. The highest BCUT2D eigenvalue weighted by atomic mass is 16.6. The Hall–Kier alpha value is -2.44. The summed E-state index contributed by atoms with van der Waals surface area (Å²) in [7, 11) is 0. The second-order valence-electron chi connectivity index (χ2n) is 4.23. The van der Waals surface area contributed by atoms with Gasteiger partial charge in [0.1, 0.15) is 5.69 Å². The Kier molecular flexibility index (Phi) is 4.65. The fourth-order valence-electron chi connectivity index (χ4n) is 1.80. The fourth-order valence-corrected chi connectivity index (χ4v) is 1.80. The van der Waals surface area contributed by atoms with Gasteiger partial charge in [-0.2, -0.15) is 0 Å². The van der Waals surface area contributed by atoms with Crippen LogP contribution in [-0.2, 0) is 18.0 Å². The van der Waals surface area contributed by atoms with Crippen molar-refractivity contribution in [3.63, 3.8) is 0 Å². The van der Waals surface area contributed by atoms with Gasteiger partial charge in [0.05, 0.1) is 18.1 Å². The zero-order chi connectivity index (χ0) is 14.4. The van der Waals surface area contributed by atoms with E-state index < -0.39 is 4.92 Å². The molecular weight excluding hydrogens is 258 g/mol. The fraction of sp³-hybridized carbons (Fsp3) is 0.143. The number of rotatable bonds is 6. The number of anilines is 1. The zero-order valence-electron chi connectivity index (χ0n) is 10.8. The van der Waals surface area contributed by atoms with Gasteiger partial charge in [-0.15, -0.1) is 0 Å². The lowest BCUT2D eigenvalue weighted by Crippen LogP contribution is -2.09. The van der Waals surface area contributed by atoms with E-state index in [-0.39, 0.29) is 11.4 Å². The lowest BCUT2D eigenvalue weighted by molar-refractivity contribution is -0.384. The number of ether oxygens (including phenoxy) is 1. The van der Waals surface area contributed by atoms with Crippen LogP contribution in [0.4, 0.5) is 11.4 Å². The predicted octanol–water partition coefficient (Wildman–Crippen LogP) is 2.60. The van der Waals surface area contributed by atoms with Gasteiger partial charge in [-0.05, 0) is 17.2 Å². The van der Waals surface area contributed by atoms with Gasteiger partial charge >= 0.3 is 0 Å². The number of hydrogen-bond donors (Lipinski definition) is 2. The number of nitrogens with zero attached hydrogens (tertiary/aromatic N) is 1. The third-order valence-electron chi connectivity index (χ3n) is 2.79. The number of benzene rings is 2. The third-order valence-corrected chi connectivity index (χ3v) is 2.79. The number of nitrogen functional groups attached to an aromatic ring is 1. The molecule has 0 bridgehead atoms. The number of nitro groups is 1. The maximum atomic E-state index is 10.9. The van der Waals surface area contributed by atoms with E-state index >= 15 is 0 Å². The summed E-state index contributed by atoms with van der Waals surface area (Å²) in [5.41, 5.74) is 4.31. The highest BCUT2D eigenvalue weighted by Crippen LogP contribution is 2.25. The Labute approximate surface area is 116 Å². The second kappa shape index (κ2) is 6.65. The predicted molar refractivity (Wildman–Crippen MR) is 75.8 cm³/mol. The molecule has 0 radical (unpaired) electrons. The Bertz CT molecular complexity index is 587. The highest BCUT2D eigenvalue weighted by Gasteiger charge is 2.13. The van der Waals surface area contributed by atoms with Crippen LogP contribution in [-0.4, -0.2) is 4.92 Å². The third kappa shape index (κ3) is 3.53. The molecule has 2 aromatic rings. The topological polar surface area (TPSA) is 90.4 Å². The van der Waals surface area contributed by atoms with Crippen LogP contribution in [0, 0.1) is 10.1 Å². The van der Waals surface area contributed by atoms with Crippen LogP contribution in [0.1, 0.15) is 11.1 Å². The summed E-state index contributed by atoms with van der Waals surface area (Å²) in [4.78, 5) is 10.4. The Morgan fingerprint density at radius 2 is 1.80 bits per heavy atom. The Morgan fingerprint density at radius 3 is 2.45 bits per heavy atom. The monoisotopic (exact) mass is 273 g/mol. The average Bonchev–Trinajstić information content (AvgIpc) is 2.48. The van der Waals surface area contributed by atoms with E-state index in [4.69, 9.17) is 10.6 Å². The molecule has 0 atom stereocenters. The number of nitrogens with one attached hydrogen (secondary N) is 1. The standard InChI is InChI=1S/C14H15N3O3/c15-16-13-7-6-12(8-14(13)17(18)19)10-20-9-11-4-2-1-3-5-11/h1-8,16H,9-10,15H2. The van der Waals surface area contributed by atoms with Gasteiger partial charge in [0.2, 0.25) is 0 Å². The van der Waals surface area contributed by atoms with E-state index in [2.05, 4.69) is 5.43 Å². The van der Waals surface area contributed by atoms with Crippen molar-refractivity contribution in [1.82, 2.24) is 0 Å². The second-order valence-corrected chi connectivity index (χ2v) is 4.23. The first-order valence-corrected chi connectivity index (χ1v) is 6.06. The van der Waals surface area contributed by atoms with Crippen molar-refractivity contribution in [3.05, 3.63) is 69.8 Å². The van der Waals surface area contributed by atoms with Gasteiger partial charge in [-0.1, -0.05) is 36.4 Å². The molecule has 0 aliphatic heterocycles. The van der Waals surface area contributed by atoms with E-state index in [1.807, 2.05) is 30.3 Å². The minimum atomic E-state index is -0.476. The Morgan fingerprint density at radius 1 is 1.10 bits per heavy atom. The summed E-state index contributed by atoms with van der Waals surface area (Å²) in [6, 6.07) is 14.5. The van der Waals surface area contributed by atoms with Gasteiger partial charge in [0.15, 0.2) is 0 Å². The molecule has 0 saturated carbocycles. The molecule has 104 valence electrons. The van der Waals surface area contributed by atoms with Crippen LogP contribution in [0.25, 0.3) is 0 Å². The molecule has 0 aliphatic carbocycles. The van der Waals surface area contributed by atoms with Crippen LogP contribution >= 0.6 is 0 Å². The van der Waals surface area contributed by atoms with Gasteiger partial charge in [0.25, 0.3) is 5.69 Å². The molecule has 3 N–H and O–H groups in total. The molecule has 0 fully saturated rings. The zero-order valence-corrected chi connectivity index (χ0v) is 10.8. The van der Waals surface area contributed by atoms with Crippen LogP contribution in [0.3, 0.4) is 0 Å². The molecule has 0 aliphatic rings. The van der Waals surface area contributed by atoms with E-state index in [9.17, 15) is 10.1 Å². The summed E-state index contributed by atoms with van der Waals surface area (Å²) in [5.74, 6) is 5.23. The summed E-state index contributed by atoms with van der Waals surface area (Å²) >= 11 is 0. The van der Waals surface area contributed by atoms with Crippen molar-refractivity contribution in [2.24, 2.45) is 5.84 Å². The number of nitrogens with two attached hydrogens (primary N) is 1. The molecule has 2 rings (SSSR count). The molecule has 0 amide bonds. The maximum absolute atomic E-state index is 10.9. The Balaban J connectivity index is 1.99. The van der Waals surface area contributed by atoms with E-state index in [1.165, 1.54) is 6.07 Å². The molecular formula is C14H15N3O3. The van der Waals surface area contributed by atoms with Crippen LogP contribution < -0.4 is 11.3 Å². The first kappa shape index (κ1) is 14.0. The largest absolute Gasteiger partial charge is 0.372 e. The van der Waals surface area contributed by atoms with Crippen molar-refractivity contribution in [2.45, 2.75) is 13.2 Å². The quantitative estimate of drug-likeness (QED) is 0.479. The normalized spacial score (nSPS) is 10.2. The number of hydrazine groups is 1. The minimum Gasteiger partial charge on any atom is -0.372 e. The van der Waals surface area contributed by atoms with Gasteiger partial charge < -0.3 is 10.2 Å². The van der Waals surface area contributed by atoms with Crippen molar-refractivity contribution in [2.75, 3.05) is 5.43 Å². The van der Waals surface area contributed by atoms with E-state index in [0.29, 0.717) is 13.2 Å².